The molecular weight excluding hydrogens is 252 g/mol. The summed E-state index contributed by atoms with van der Waals surface area (Å²) in [5, 5.41) is 0. The standard InChI is InChI=1S/C16H30N2O2/c1-18(10-11-20-12-14-6-7-14)15(19)16(13-17)8-4-2-3-5-9-16/h14H,2-13,17H2,1H3. The van der Waals surface area contributed by atoms with Gasteiger partial charge in [0, 0.05) is 26.7 Å². The summed E-state index contributed by atoms with van der Waals surface area (Å²) in [5.41, 5.74) is 5.67. The second-order valence-corrected chi connectivity index (χ2v) is 6.64. The number of likely N-dealkylation sites (N-methyl/N-ethyl adjacent to an activating group) is 1. The highest BCUT2D eigenvalue weighted by atomic mass is 16.5. The minimum absolute atomic E-state index is 0.233. The summed E-state index contributed by atoms with van der Waals surface area (Å²) in [6, 6.07) is 0. The first-order valence-corrected chi connectivity index (χ1v) is 8.21. The lowest BCUT2D eigenvalue weighted by Gasteiger charge is -2.34. The van der Waals surface area contributed by atoms with E-state index < -0.39 is 0 Å². The lowest BCUT2D eigenvalue weighted by Crippen LogP contribution is -2.47. The first kappa shape index (κ1) is 15.8. The fourth-order valence-corrected chi connectivity index (χ4v) is 3.15. The molecule has 2 aliphatic carbocycles. The van der Waals surface area contributed by atoms with Crippen LogP contribution in [0.25, 0.3) is 0 Å². The Bertz CT molecular complexity index is 308. The first-order chi connectivity index (χ1) is 9.68. The average Bonchev–Trinajstić information content (AvgIpc) is 3.29. The molecule has 2 aliphatic rings. The molecule has 4 nitrogen and oxygen atoms in total. The van der Waals surface area contributed by atoms with Crippen LogP contribution in [0, 0.1) is 11.3 Å². The summed E-state index contributed by atoms with van der Waals surface area (Å²) >= 11 is 0. The van der Waals surface area contributed by atoms with Gasteiger partial charge < -0.3 is 15.4 Å². The van der Waals surface area contributed by atoms with Crippen LogP contribution in [0.15, 0.2) is 0 Å². The lowest BCUT2D eigenvalue weighted by molar-refractivity contribution is -0.141. The van der Waals surface area contributed by atoms with Crippen molar-refractivity contribution in [3.63, 3.8) is 0 Å². The van der Waals surface area contributed by atoms with Gasteiger partial charge in [0.05, 0.1) is 12.0 Å². The van der Waals surface area contributed by atoms with E-state index in [4.69, 9.17) is 10.5 Å². The Hall–Kier alpha value is -0.610. The molecule has 0 unspecified atom stereocenters. The number of hydrogen-bond donors (Lipinski definition) is 1. The van der Waals surface area contributed by atoms with Crippen LogP contribution in [0.5, 0.6) is 0 Å². The molecule has 20 heavy (non-hydrogen) atoms. The zero-order valence-corrected chi connectivity index (χ0v) is 12.9. The van der Waals surface area contributed by atoms with Gasteiger partial charge in [0.2, 0.25) is 5.91 Å². The Balaban J connectivity index is 1.79. The molecule has 4 heteroatoms. The minimum Gasteiger partial charge on any atom is -0.379 e. The van der Waals surface area contributed by atoms with E-state index in [-0.39, 0.29) is 11.3 Å². The molecule has 0 spiro atoms. The number of nitrogens with two attached hydrogens (primary N) is 1. The smallest absolute Gasteiger partial charge is 0.229 e. The molecule has 0 aromatic rings. The van der Waals surface area contributed by atoms with Crippen LogP contribution in [0.3, 0.4) is 0 Å². The zero-order valence-electron chi connectivity index (χ0n) is 12.9. The highest BCUT2D eigenvalue weighted by molar-refractivity contribution is 5.82. The van der Waals surface area contributed by atoms with E-state index in [0.717, 1.165) is 38.2 Å². The van der Waals surface area contributed by atoms with Crippen LogP contribution in [-0.2, 0) is 9.53 Å². The van der Waals surface area contributed by atoms with Gasteiger partial charge in [-0.15, -0.1) is 0 Å². The Morgan fingerprint density at radius 2 is 1.90 bits per heavy atom. The molecule has 0 bridgehead atoms. The first-order valence-electron chi connectivity index (χ1n) is 8.21. The maximum Gasteiger partial charge on any atom is 0.229 e. The largest absolute Gasteiger partial charge is 0.379 e. The summed E-state index contributed by atoms with van der Waals surface area (Å²) in [5.74, 6) is 1.02. The highest BCUT2D eigenvalue weighted by Crippen LogP contribution is 2.35. The van der Waals surface area contributed by atoms with Gasteiger partial charge in [0.15, 0.2) is 0 Å². The van der Waals surface area contributed by atoms with Gasteiger partial charge in [0.1, 0.15) is 0 Å². The molecule has 2 rings (SSSR count). The second-order valence-electron chi connectivity index (χ2n) is 6.64. The van der Waals surface area contributed by atoms with Gasteiger partial charge in [-0.25, -0.2) is 0 Å². The zero-order chi connectivity index (χ0) is 14.4. The third kappa shape index (κ3) is 4.19. The monoisotopic (exact) mass is 282 g/mol. The summed E-state index contributed by atoms with van der Waals surface area (Å²) < 4.78 is 5.63. The maximum absolute atomic E-state index is 12.7. The van der Waals surface area contributed by atoms with Crippen molar-refractivity contribution >= 4 is 5.91 Å². The maximum atomic E-state index is 12.7. The second kappa shape index (κ2) is 7.41. The minimum atomic E-state index is -0.304. The molecule has 0 saturated heterocycles. The lowest BCUT2D eigenvalue weighted by atomic mass is 9.79. The van der Waals surface area contributed by atoms with Gasteiger partial charge in [0.25, 0.3) is 0 Å². The molecule has 1 amide bonds. The van der Waals surface area contributed by atoms with Crippen molar-refractivity contribution in [2.45, 2.75) is 51.4 Å². The Morgan fingerprint density at radius 3 is 2.45 bits per heavy atom. The number of nitrogens with zero attached hydrogens (tertiary/aromatic N) is 1. The van der Waals surface area contributed by atoms with E-state index in [1.54, 1.807) is 0 Å². The number of ether oxygens (including phenoxy) is 1. The van der Waals surface area contributed by atoms with E-state index in [2.05, 4.69) is 0 Å². The molecule has 0 aliphatic heterocycles. The van der Waals surface area contributed by atoms with Crippen molar-refractivity contribution < 1.29 is 9.53 Å². The van der Waals surface area contributed by atoms with Gasteiger partial charge in [-0.1, -0.05) is 25.7 Å². The normalized spacial score (nSPS) is 22.3. The van der Waals surface area contributed by atoms with Crippen LogP contribution in [0.1, 0.15) is 51.4 Å². The molecule has 0 radical (unpaired) electrons. The van der Waals surface area contributed by atoms with E-state index in [1.807, 2.05) is 11.9 Å². The molecule has 2 saturated carbocycles. The van der Waals surface area contributed by atoms with E-state index in [0.29, 0.717) is 19.7 Å². The topological polar surface area (TPSA) is 55.6 Å². The third-order valence-electron chi connectivity index (χ3n) is 4.87. The van der Waals surface area contributed by atoms with E-state index >= 15 is 0 Å². The van der Waals surface area contributed by atoms with Gasteiger partial charge in [-0.05, 0) is 31.6 Å². The van der Waals surface area contributed by atoms with Crippen molar-refractivity contribution in [2.24, 2.45) is 17.1 Å². The van der Waals surface area contributed by atoms with Crippen molar-refractivity contribution in [1.82, 2.24) is 4.90 Å². The number of carbonyl (C=O) groups is 1. The quantitative estimate of drug-likeness (QED) is 0.575. The van der Waals surface area contributed by atoms with Crippen molar-refractivity contribution in [3.8, 4) is 0 Å². The average molecular weight is 282 g/mol. The molecule has 2 N–H and O–H groups in total. The molecule has 0 atom stereocenters. The SMILES string of the molecule is CN(CCOCC1CC1)C(=O)C1(CN)CCCCCC1. The predicted octanol–water partition coefficient (Wildman–Crippen LogP) is 2.17. The summed E-state index contributed by atoms with van der Waals surface area (Å²) in [4.78, 5) is 14.6. The van der Waals surface area contributed by atoms with E-state index in [9.17, 15) is 4.79 Å². The van der Waals surface area contributed by atoms with Crippen LogP contribution in [0.4, 0.5) is 0 Å². The van der Waals surface area contributed by atoms with Gasteiger partial charge >= 0.3 is 0 Å². The van der Waals surface area contributed by atoms with Crippen LogP contribution >= 0.6 is 0 Å². The summed E-state index contributed by atoms with van der Waals surface area (Å²) in [7, 11) is 1.89. The third-order valence-corrected chi connectivity index (χ3v) is 4.87. The summed E-state index contributed by atoms with van der Waals surface area (Å²) in [6.07, 6.45) is 9.28. The Kier molecular flexibility index (Phi) is 5.85. The van der Waals surface area contributed by atoms with Gasteiger partial charge in [-0.2, -0.15) is 0 Å². The number of amides is 1. The van der Waals surface area contributed by atoms with E-state index in [1.165, 1.54) is 25.7 Å². The molecule has 2 fully saturated rings. The van der Waals surface area contributed by atoms with Crippen molar-refractivity contribution in [2.75, 3.05) is 33.4 Å². The fraction of sp³-hybridized carbons (Fsp3) is 0.938. The van der Waals surface area contributed by atoms with Crippen LogP contribution in [-0.4, -0.2) is 44.2 Å². The Labute approximate surface area is 123 Å². The summed E-state index contributed by atoms with van der Waals surface area (Å²) in [6.45, 7) is 2.69. The van der Waals surface area contributed by atoms with Crippen LogP contribution in [0.2, 0.25) is 0 Å². The Morgan fingerprint density at radius 1 is 1.25 bits per heavy atom. The van der Waals surface area contributed by atoms with Crippen LogP contribution < -0.4 is 5.73 Å². The van der Waals surface area contributed by atoms with Crippen molar-refractivity contribution in [3.05, 3.63) is 0 Å². The molecule has 0 aromatic heterocycles. The molecule has 0 heterocycles. The molecular formula is C16H30N2O2. The number of hydrogen-bond acceptors (Lipinski definition) is 3. The van der Waals surface area contributed by atoms with Crippen molar-refractivity contribution in [1.29, 1.82) is 0 Å². The fourth-order valence-electron chi connectivity index (χ4n) is 3.15. The molecule has 116 valence electrons. The number of carbonyl (C=O) groups excluding carboxylic acids is 1. The molecule has 0 aromatic carbocycles. The predicted molar refractivity (Wildman–Crippen MR) is 80.4 cm³/mol. The number of rotatable bonds is 7. The van der Waals surface area contributed by atoms with Gasteiger partial charge in [-0.3, -0.25) is 4.79 Å². The highest BCUT2D eigenvalue weighted by Gasteiger charge is 2.38.